The van der Waals surface area contributed by atoms with Crippen molar-refractivity contribution >= 4 is 11.3 Å². The Hall–Kier alpha value is -2.42. The first-order valence-electron chi connectivity index (χ1n) is 5.69. The van der Waals surface area contributed by atoms with Crippen molar-refractivity contribution in [3.05, 3.63) is 81.9 Å². The van der Waals surface area contributed by atoms with Crippen LogP contribution in [-0.2, 0) is 0 Å². The van der Waals surface area contributed by atoms with Crippen LogP contribution in [0.1, 0.15) is 18.1 Å². The highest BCUT2D eigenvalue weighted by atomic mass is 16.6. The molecule has 3 nitrogen and oxygen atoms in total. The van der Waals surface area contributed by atoms with Gasteiger partial charge in [-0.1, -0.05) is 36.4 Å². The van der Waals surface area contributed by atoms with E-state index in [1.54, 1.807) is 12.1 Å². The molecule has 90 valence electrons. The van der Waals surface area contributed by atoms with Crippen LogP contribution < -0.4 is 0 Å². The number of hydrogen-bond donors (Lipinski definition) is 0. The van der Waals surface area contributed by atoms with Gasteiger partial charge in [-0.2, -0.15) is 0 Å². The van der Waals surface area contributed by atoms with Crippen LogP contribution in [-0.4, -0.2) is 4.92 Å². The standard InChI is InChI=1S/C15H13NO2/c1-2-15(12-6-4-3-5-7-12)13-8-10-14(11-9-13)16(17)18/h2-11H,1H3. The third kappa shape index (κ3) is 2.46. The van der Waals surface area contributed by atoms with Crippen molar-refractivity contribution in [2.75, 3.05) is 0 Å². The summed E-state index contributed by atoms with van der Waals surface area (Å²) in [6.45, 7) is 1.96. The van der Waals surface area contributed by atoms with E-state index in [1.807, 2.05) is 43.3 Å². The Kier molecular flexibility index (Phi) is 3.53. The Morgan fingerprint density at radius 1 is 1.00 bits per heavy atom. The van der Waals surface area contributed by atoms with Crippen LogP contribution in [0.4, 0.5) is 5.69 Å². The van der Waals surface area contributed by atoms with Gasteiger partial charge in [-0.05, 0) is 35.8 Å². The third-order valence-corrected chi connectivity index (χ3v) is 2.76. The highest BCUT2D eigenvalue weighted by Gasteiger charge is 2.07. The first-order chi connectivity index (χ1) is 8.72. The SMILES string of the molecule is CC=C(c1ccccc1)c1ccc([N+](=O)[O-])cc1. The van der Waals surface area contributed by atoms with E-state index in [0.717, 1.165) is 16.7 Å². The minimum atomic E-state index is -0.387. The van der Waals surface area contributed by atoms with Gasteiger partial charge in [0.2, 0.25) is 0 Å². The Morgan fingerprint density at radius 2 is 1.56 bits per heavy atom. The predicted octanol–water partition coefficient (Wildman–Crippen LogP) is 4.05. The summed E-state index contributed by atoms with van der Waals surface area (Å²) in [5, 5.41) is 10.6. The highest BCUT2D eigenvalue weighted by Crippen LogP contribution is 2.24. The molecule has 18 heavy (non-hydrogen) atoms. The van der Waals surface area contributed by atoms with E-state index in [4.69, 9.17) is 0 Å². The van der Waals surface area contributed by atoms with Crippen molar-refractivity contribution in [3.8, 4) is 0 Å². The molecule has 2 aromatic rings. The molecule has 0 atom stereocenters. The third-order valence-electron chi connectivity index (χ3n) is 2.76. The highest BCUT2D eigenvalue weighted by molar-refractivity contribution is 5.79. The van der Waals surface area contributed by atoms with Gasteiger partial charge >= 0.3 is 0 Å². The molecule has 2 rings (SSSR count). The van der Waals surface area contributed by atoms with Gasteiger partial charge in [0.15, 0.2) is 0 Å². The molecule has 0 amide bonds. The molecule has 0 saturated carbocycles. The van der Waals surface area contributed by atoms with E-state index >= 15 is 0 Å². The molecule has 0 N–H and O–H groups in total. The van der Waals surface area contributed by atoms with E-state index in [2.05, 4.69) is 0 Å². The molecule has 2 aromatic carbocycles. The van der Waals surface area contributed by atoms with Crippen LogP contribution in [0.2, 0.25) is 0 Å². The molecule has 0 aromatic heterocycles. The molecule has 0 fully saturated rings. The van der Waals surface area contributed by atoms with Gasteiger partial charge in [0.1, 0.15) is 0 Å². The topological polar surface area (TPSA) is 43.1 Å². The average molecular weight is 239 g/mol. The van der Waals surface area contributed by atoms with Crippen molar-refractivity contribution in [2.45, 2.75) is 6.92 Å². The fourth-order valence-electron chi connectivity index (χ4n) is 1.88. The molecule has 0 aliphatic heterocycles. The molecule has 0 spiro atoms. The lowest BCUT2D eigenvalue weighted by Crippen LogP contribution is -1.90. The summed E-state index contributed by atoms with van der Waals surface area (Å²) >= 11 is 0. The second-order valence-electron chi connectivity index (χ2n) is 3.87. The van der Waals surface area contributed by atoms with Crippen LogP contribution in [0.3, 0.4) is 0 Å². The predicted molar refractivity (Wildman–Crippen MR) is 72.3 cm³/mol. The van der Waals surface area contributed by atoms with Crippen LogP contribution in [0.15, 0.2) is 60.7 Å². The molecule has 0 heterocycles. The summed E-state index contributed by atoms with van der Waals surface area (Å²) in [7, 11) is 0. The molecular formula is C15H13NO2. The second kappa shape index (κ2) is 5.27. The lowest BCUT2D eigenvalue weighted by Gasteiger charge is -2.07. The van der Waals surface area contributed by atoms with E-state index in [0.29, 0.717) is 0 Å². The maximum atomic E-state index is 10.6. The Bertz CT molecular complexity index is 571. The number of rotatable bonds is 3. The van der Waals surface area contributed by atoms with Crippen molar-refractivity contribution in [1.82, 2.24) is 0 Å². The monoisotopic (exact) mass is 239 g/mol. The quantitative estimate of drug-likeness (QED) is 0.599. The van der Waals surface area contributed by atoms with E-state index in [-0.39, 0.29) is 10.6 Å². The maximum Gasteiger partial charge on any atom is 0.269 e. The van der Waals surface area contributed by atoms with Gasteiger partial charge in [0.25, 0.3) is 5.69 Å². The van der Waals surface area contributed by atoms with E-state index in [1.165, 1.54) is 12.1 Å². The summed E-state index contributed by atoms with van der Waals surface area (Å²) in [6, 6.07) is 16.6. The summed E-state index contributed by atoms with van der Waals surface area (Å²) in [5.41, 5.74) is 3.27. The molecule has 3 heteroatoms. The average Bonchev–Trinajstić information content (AvgIpc) is 2.41. The molecular weight excluding hydrogens is 226 g/mol. The lowest BCUT2D eigenvalue weighted by molar-refractivity contribution is -0.384. The van der Waals surface area contributed by atoms with Crippen molar-refractivity contribution in [2.24, 2.45) is 0 Å². The fraction of sp³-hybridized carbons (Fsp3) is 0.0667. The number of nitro benzene ring substituents is 1. The Labute approximate surface area is 106 Å². The first kappa shape index (κ1) is 12.0. The molecule has 0 unspecified atom stereocenters. The maximum absolute atomic E-state index is 10.6. The van der Waals surface area contributed by atoms with Crippen molar-refractivity contribution in [3.63, 3.8) is 0 Å². The van der Waals surface area contributed by atoms with Gasteiger partial charge in [-0.25, -0.2) is 0 Å². The van der Waals surface area contributed by atoms with Gasteiger partial charge in [0.05, 0.1) is 4.92 Å². The second-order valence-corrected chi connectivity index (χ2v) is 3.87. The normalized spacial score (nSPS) is 11.3. The van der Waals surface area contributed by atoms with Crippen LogP contribution in [0.25, 0.3) is 5.57 Å². The van der Waals surface area contributed by atoms with Gasteiger partial charge in [0, 0.05) is 12.1 Å². The largest absolute Gasteiger partial charge is 0.269 e. The molecule has 0 radical (unpaired) electrons. The van der Waals surface area contributed by atoms with Crippen LogP contribution in [0.5, 0.6) is 0 Å². The number of benzene rings is 2. The van der Waals surface area contributed by atoms with Gasteiger partial charge < -0.3 is 0 Å². The Balaban J connectivity index is 2.38. The molecule has 0 aliphatic carbocycles. The zero-order valence-corrected chi connectivity index (χ0v) is 10.0. The minimum absolute atomic E-state index is 0.113. The van der Waals surface area contributed by atoms with E-state index < -0.39 is 0 Å². The smallest absolute Gasteiger partial charge is 0.258 e. The summed E-state index contributed by atoms with van der Waals surface area (Å²) < 4.78 is 0. The van der Waals surface area contributed by atoms with Crippen LogP contribution in [0, 0.1) is 10.1 Å². The number of allylic oxidation sites excluding steroid dienone is 1. The summed E-state index contributed by atoms with van der Waals surface area (Å²) in [4.78, 5) is 10.2. The van der Waals surface area contributed by atoms with Gasteiger partial charge in [-0.3, -0.25) is 10.1 Å². The van der Waals surface area contributed by atoms with Gasteiger partial charge in [-0.15, -0.1) is 0 Å². The van der Waals surface area contributed by atoms with Crippen molar-refractivity contribution in [1.29, 1.82) is 0 Å². The van der Waals surface area contributed by atoms with Crippen molar-refractivity contribution < 1.29 is 4.92 Å². The number of nitro groups is 1. The molecule has 0 aliphatic rings. The Morgan fingerprint density at radius 3 is 2.06 bits per heavy atom. The summed E-state index contributed by atoms with van der Waals surface area (Å²) in [5.74, 6) is 0. The number of nitrogens with zero attached hydrogens (tertiary/aromatic N) is 1. The minimum Gasteiger partial charge on any atom is -0.258 e. The fourth-order valence-corrected chi connectivity index (χ4v) is 1.88. The van der Waals surface area contributed by atoms with Crippen LogP contribution >= 0.6 is 0 Å². The zero-order chi connectivity index (χ0) is 13.0. The number of hydrogen-bond acceptors (Lipinski definition) is 2. The lowest BCUT2D eigenvalue weighted by atomic mass is 9.98. The van der Waals surface area contributed by atoms with E-state index in [9.17, 15) is 10.1 Å². The summed E-state index contributed by atoms with van der Waals surface area (Å²) in [6.07, 6.45) is 2.01. The molecule has 0 bridgehead atoms. The molecule has 0 saturated heterocycles. The number of non-ortho nitro benzene ring substituents is 1. The zero-order valence-electron chi connectivity index (χ0n) is 10.0. The first-order valence-corrected chi connectivity index (χ1v) is 5.69.